The van der Waals surface area contributed by atoms with Gasteiger partial charge in [-0.3, -0.25) is 24.2 Å². The Labute approximate surface area is 194 Å². The van der Waals surface area contributed by atoms with Crippen LogP contribution >= 0.6 is 0 Å². The monoisotopic (exact) mass is 446 g/mol. The third-order valence-electron chi connectivity index (χ3n) is 7.69. The topological polar surface area (TPSA) is 66.9 Å². The van der Waals surface area contributed by atoms with E-state index in [0.717, 1.165) is 16.7 Å². The van der Waals surface area contributed by atoms with Crippen molar-refractivity contribution in [1.29, 1.82) is 0 Å². The molecule has 3 aliphatic rings. The first kappa shape index (κ1) is 21.8. The van der Waals surface area contributed by atoms with Crippen LogP contribution in [0.25, 0.3) is 0 Å². The van der Waals surface area contributed by atoms with Crippen LogP contribution in [0.5, 0.6) is 0 Å². The quantitative estimate of drug-likeness (QED) is 0.523. The molecule has 2 saturated heterocycles. The average molecular weight is 447 g/mol. The molecule has 3 heterocycles. The zero-order valence-corrected chi connectivity index (χ0v) is 19.7. The zero-order valence-electron chi connectivity index (χ0n) is 19.7. The SMILES string of the molecule is COC(=O)[C@@H]1[C@@H]2C(=O)N(C)C(=O)[C@@H]2[C@@H]2c3ccccc3C[C@H](c3ccc(C(C)(C)C)cc3)N12. The molecule has 3 aliphatic heterocycles. The highest BCUT2D eigenvalue weighted by molar-refractivity contribution is 6.08. The number of ether oxygens (including phenoxy) is 1. The van der Waals surface area contributed by atoms with Crippen molar-refractivity contribution >= 4 is 17.8 Å². The molecular formula is C27H30N2O4. The molecule has 0 spiro atoms. The lowest BCUT2D eigenvalue weighted by molar-refractivity contribution is -0.153. The van der Waals surface area contributed by atoms with Gasteiger partial charge in [-0.1, -0.05) is 69.3 Å². The Morgan fingerprint density at radius 3 is 2.24 bits per heavy atom. The number of carbonyl (C=O) groups excluding carboxylic acids is 3. The van der Waals surface area contributed by atoms with Crippen LogP contribution in [0.3, 0.4) is 0 Å². The highest BCUT2D eigenvalue weighted by Crippen LogP contribution is 2.56. The van der Waals surface area contributed by atoms with Crippen molar-refractivity contribution in [1.82, 2.24) is 9.80 Å². The molecule has 2 aromatic rings. The third-order valence-corrected chi connectivity index (χ3v) is 7.69. The standard InChI is InChI=1S/C27H30N2O4/c1-27(2,3)17-12-10-15(11-13-17)19-14-16-8-6-7-9-18(16)22-20-21(25(31)28(4)24(20)30)23(29(19)22)26(32)33-5/h6-13,19-23H,14H2,1-5H3/t19-,20+,21-,22+,23+/m1/s1. The molecule has 5 atom stereocenters. The number of esters is 1. The van der Waals surface area contributed by atoms with E-state index in [1.54, 1.807) is 0 Å². The lowest BCUT2D eigenvalue weighted by atomic mass is 9.80. The number of nitrogens with zero attached hydrogens (tertiary/aromatic N) is 2. The summed E-state index contributed by atoms with van der Waals surface area (Å²) in [5.41, 5.74) is 4.52. The summed E-state index contributed by atoms with van der Waals surface area (Å²) >= 11 is 0. The van der Waals surface area contributed by atoms with E-state index < -0.39 is 23.8 Å². The minimum atomic E-state index is -0.799. The number of likely N-dealkylation sites (tertiary alicyclic amines) is 1. The van der Waals surface area contributed by atoms with Gasteiger partial charge in [-0.25, -0.2) is 0 Å². The lowest BCUT2D eigenvalue weighted by Gasteiger charge is -2.43. The number of fused-ring (bicyclic) bond motifs is 5. The lowest BCUT2D eigenvalue weighted by Crippen LogP contribution is -2.49. The number of carbonyl (C=O) groups is 3. The number of imide groups is 1. The van der Waals surface area contributed by atoms with E-state index in [1.807, 2.05) is 18.2 Å². The maximum atomic E-state index is 13.2. The van der Waals surface area contributed by atoms with E-state index in [2.05, 4.69) is 56.0 Å². The van der Waals surface area contributed by atoms with Crippen molar-refractivity contribution < 1.29 is 19.1 Å². The summed E-state index contributed by atoms with van der Waals surface area (Å²) in [6, 6.07) is 15.3. The zero-order chi connectivity index (χ0) is 23.7. The van der Waals surface area contributed by atoms with Crippen LogP contribution in [0.2, 0.25) is 0 Å². The smallest absolute Gasteiger partial charge is 0.323 e. The summed E-state index contributed by atoms with van der Waals surface area (Å²) in [5.74, 6) is -2.30. The Morgan fingerprint density at radius 2 is 1.61 bits per heavy atom. The van der Waals surface area contributed by atoms with E-state index in [9.17, 15) is 14.4 Å². The molecule has 0 bridgehead atoms. The summed E-state index contributed by atoms with van der Waals surface area (Å²) < 4.78 is 5.18. The molecule has 5 rings (SSSR count). The van der Waals surface area contributed by atoms with Crippen LogP contribution in [-0.4, -0.2) is 47.8 Å². The first-order valence-electron chi connectivity index (χ1n) is 11.5. The summed E-state index contributed by atoms with van der Waals surface area (Å²) in [6.07, 6.45) is 0.701. The van der Waals surface area contributed by atoms with Gasteiger partial charge in [-0.05, 0) is 34.1 Å². The molecule has 2 fully saturated rings. The number of hydrogen-bond acceptors (Lipinski definition) is 5. The predicted molar refractivity (Wildman–Crippen MR) is 123 cm³/mol. The average Bonchev–Trinajstić information content (AvgIpc) is 3.27. The third kappa shape index (κ3) is 3.15. The summed E-state index contributed by atoms with van der Waals surface area (Å²) in [5, 5.41) is 0. The molecule has 0 aromatic heterocycles. The minimum Gasteiger partial charge on any atom is -0.468 e. The fourth-order valence-electron chi connectivity index (χ4n) is 6.02. The first-order chi connectivity index (χ1) is 15.6. The van der Waals surface area contributed by atoms with Gasteiger partial charge in [-0.2, -0.15) is 0 Å². The second-order valence-electron chi connectivity index (χ2n) is 10.4. The maximum absolute atomic E-state index is 13.2. The van der Waals surface area contributed by atoms with E-state index in [4.69, 9.17) is 4.74 Å². The highest BCUT2D eigenvalue weighted by atomic mass is 16.5. The van der Waals surface area contributed by atoms with Crippen molar-refractivity contribution in [3.05, 3.63) is 70.8 Å². The molecule has 0 unspecified atom stereocenters. The van der Waals surface area contributed by atoms with Crippen LogP contribution < -0.4 is 0 Å². The molecule has 172 valence electrons. The van der Waals surface area contributed by atoms with Crippen LogP contribution in [0.15, 0.2) is 48.5 Å². The van der Waals surface area contributed by atoms with E-state index in [-0.39, 0.29) is 29.3 Å². The Balaban J connectivity index is 1.68. The van der Waals surface area contributed by atoms with Crippen molar-refractivity contribution in [2.75, 3.05) is 14.2 Å². The molecule has 0 aliphatic carbocycles. The first-order valence-corrected chi connectivity index (χ1v) is 11.5. The van der Waals surface area contributed by atoms with Gasteiger partial charge < -0.3 is 4.74 Å². The van der Waals surface area contributed by atoms with Crippen molar-refractivity contribution in [3.63, 3.8) is 0 Å². The van der Waals surface area contributed by atoms with E-state index >= 15 is 0 Å². The van der Waals surface area contributed by atoms with Gasteiger partial charge in [0.25, 0.3) is 0 Å². The molecule has 2 amide bonds. The summed E-state index contributed by atoms with van der Waals surface area (Å²) in [7, 11) is 2.86. The molecule has 6 nitrogen and oxygen atoms in total. The summed E-state index contributed by atoms with van der Waals surface area (Å²) in [4.78, 5) is 42.8. The molecule has 0 radical (unpaired) electrons. The number of hydrogen-bond donors (Lipinski definition) is 0. The summed E-state index contributed by atoms with van der Waals surface area (Å²) in [6.45, 7) is 6.53. The van der Waals surface area contributed by atoms with Crippen molar-refractivity contribution in [2.45, 2.75) is 50.7 Å². The molecular weight excluding hydrogens is 416 g/mol. The Hall–Kier alpha value is -2.99. The van der Waals surface area contributed by atoms with Gasteiger partial charge >= 0.3 is 5.97 Å². The predicted octanol–water partition coefficient (Wildman–Crippen LogP) is 3.41. The highest BCUT2D eigenvalue weighted by Gasteiger charge is 2.66. The normalized spacial score (nSPS) is 29.0. The Morgan fingerprint density at radius 1 is 0.970 bits per heavy atom. The van der Waals surface area contributed by atoms with Gasteiger partial charge in [0, 0.05) is 19.1 Å². The molecule has 0 saturated carbocycles. The fourth-order valence-corrected chi connectivity index (χ4v) is 6.02. The number of methoxy groups -OCH3 is 1. The van der Waals surface area contributed by atoms with E-state index in [0.29, 0.717) is 6.42 Å². The fraction of sp³-hybridized carbons (Fsp3) is 0.444. The Bertz CT molecular complexity index is 1130. The van der Waals surface area contributed by atoms with Gasteiger partial charge in [0.15, 0.2) is 0 Å². The molecule has 6 heteroatoms. The van der Waals surface area contributed by atoms with Crippen molar-refractivity contribution in [3.8, 4) is 0 Å². The molecule has 33 heavy (non-hydrogen) atoms. The van der Waals surface area contributed by atoms with Crippen LogP contribution in [0.1, 0.15) is 55.1 Å². The van der Waals surface area contributed by atoms with Crippen LogP contribution in [-0.2, 0) is 31.0 Å². The van der Waals surface area contributed by atoms with Gasteiger partial charge in [-0.15, -0.1) is 0 Å². The number of amides is 2. The van der Waals surface area contributed by atoms with Gasteiger partial charge in [0.2, 0.25) is 11.8 Å². The van der Waals surface area contributed by atoms with Crippen molar-refractivity contribution in [2.24, 2.45) is 11.8 Å². The largest absolute Gasteiger partial charge is 0.468 e. The second kappa shape index (κ2) is 7.52. The van der Waals surface area contributed by atoms with E-state index in [1.165, 1.54) is 24.6 Å². The maximum Gasteiger partial charge on any atom is 0.323 e. The van der Waals surface area contributed by atoms with Gasteiger partial charge in [0.05, 0.1) is 18.9 Å². The van der Waals surface area contributed by atoms with Gasteiger partial charge in [0.1, 0.15) is 6.04 Å². The van der Waals surface area contributed by atoms with Crippen LogP contribution in [0.4, 0.5) is 0 Å². The molecule has 2 aromatic carbocycles. The number of benzene rings is 2. The number of rotatable bonds is 2. The minimum absolute atomic E-state index is 0.0306. The molecule has 0 N–H and O–H groups in total. The Kier molecular flexibility index (Phi) is 4.98. The van der Waals surface area contributed by atoms with Crippen LogP contribution in [0, 0.1) is 11.8 Å². The second-order valence-corrected chi connectivity index (χ2v) is 10.4.